The van der Waals surface area contributed by atoms with E-state index in [0.29, 0.717) is 5.56 Å². The molecule has 0 saturated carbocycles. The molecule has 0 radical (unpaired) electrons. The number of nitrogens with zero attached hydrogens (tertiary/aromatic N) is 2. The third kappa shape index (κ3) is 3.07. The third-order valence-electron chi connectivity index (χ3n) is 2.33. The normalized spacial score (nSPS) is 10.3. The summed E-state index contributed by atoms with van der Waals surface area (Å²) in [5.74, 6) is 0.0487. The fourth-order valence-corrected chi connectivity index (χ4v) is 2.54. The van der Waals surface area contributed by atoms with Crippen LogP contribution in [0.1, 0.15) is 16.8 Å². The molecule has 0 atom stereocenters. The molecule has 0 aliphatic carbocycles. The molecular weight excluding hydrogens is 244 g/mol. The first-order valence-electron chi connectivity index (χ1n) is 5.48. The van der Waals surface area contributed by atoms with Crippen LogP contribution in [0.25, 0.3) is 0 Å². The van der Waals surface area contributed by atoms with Gasteiger partial charge in [0, 0.05) is 17.5 Å². The molecule has 18 heavy (non-hydrogen) atoms. The Labute approximate surface area is 110 Å². The minimum Gasteiger partial charge on any atom is -0.384 e. The van der Waals surface area contributed by atoms with Crippen LogP contribution in [-0.4, -0.2) is 15.8 Å². The van der Waals surface area contributed by atoms with Gasteiger partial charge in [0.2, 0.25) is 0 Å². The number of nitrogens with two attached hydrogens (primary N) is 1. The van der Waals surface area contributed by atoms with Gasteiger partial charge in [0.1, 0.15) is 15.9 Å². The van der Waals surface area contributed by atoms with E-state index in [0.717, 1.165) is 15.7 Å². The van der Waals surface area contributed by atoms with Crippen molar-refractivity contribution in [2.75, 3.05) is 0 Å². The highest BCUT2D eigenvalue weighted by Crippen LogP contribution is 2.25. The molecule has 0 aromatic carbocycles. The third-order valence-corrected chi connectivity index (χ3v) is 3.18. The second-order valence-electron chi connectivity index (χ2n) is 4.02. The number of nitrogens with one attached hydrogen (secondary N) is 1. The van der Waals surface area contributed by atoms with Crippen LogP contribution in [0.4, 0.5) is 0 Å². The Kier molecular flexibility index (Phi) is 3.62. The number of hydrogen-bond donors (Lipinski definition) is 2. The van der Waals surface area contributed by atoms with E-state index in [-0.39, 0.29) is 5.84 Å². The molecule has 0 aliphatic heterocycles. The van der Waals surface area contributed by atoms with Gasteiger partial charge in [-0.1, -0.05) is 11.8 Å². The first-order chi connectivity index (χ1) is 8.54. The van der Waals surface area contributed by atoms with Crippen molar-refractivity contribution in [1.29, 1.82) is 5.41 Å². The summed E-state index contributed by atoms with van der Waals surface area (Å²) in [4.78, 5) is 8.69. The van der Waals surface area contributed by atoms with Gasteiger partial charge < -0.3 is 5.73 Å². The predicted molar refractivity (Wildman–Crippen MR) is 73.1 cm³/mol. The van der Waals surface area contributed by atoms with Gasteiger partial charge in [-0.2, -0.15) is 0 Å². The van der Waals surface area contributed by atoms with Crippen LogP contribution in [-0.2, 0) is 0 Å². The zero-order valence-corrected chi connectivity index (χ0v) is 11.1. The summed E-state index contributed by atoms with van der Waals surface area (Å²) in [5.41, 5.74) is 8.29. The highest BCUT2D eigenvalue weighted by atomic mass is 32.2. The zero-order chi connectivity index (χ0) is 13.1. The number of amidine groups is 1. The maximum absolute atomic E-state index is 7.41. The van der Waals surface area contributed by atoms with E-state index in [9.17, 15) is 0 Å². The van der Waals surface area contributed by atoms with Gasteiger partial charge in [-0.05, 0) is 43.7 Å². The fraction of sp³-hybridized carbons (Fsp3) is 0.154. The number of aromatic nitrogens is 2. The lowest BCUT2D eigenvalue weighted by Gasteiger charge is -2.04. The summed E-state index contributed by atoms with van der Waals surface area (Å²) in [6.07, 6.45) is 1.65. The van der Waals surface area contributed by atoms with E-state index in [2.05, 4.69) is 9.97 Å². The van der Waals surface area contributed by atoms with Crippen LogP contribution in [0.3, 0.4) is 0 Å². The molecule has 0 bridgehead atoms. The SMILES string of the molecule is Cc1cc(C)nc(Sc2cc(C(=N)N)ccn2)c1. The summed E-state index contributed by atoms with van der Waals surface area (Å²) in [6.45, 7) is 4.01. The highest BCUT2D eigenvalue weighted by molar-refractivity contribution is 7.99. The second-order valence-corrected chi connectivity index (χ2v) is 5.06. The van der Waals surface area contributed by atoms with E-state index in [1.165, 1.54) is 17.3 Å². The zero-order valence-electron chi connectivity index (χ0n) is 10.3. The van der Waals surface area contributed by atoms with Gasteiger partial charge in [-0.3, -0.25) is 5.41 Å². The molecule has 0 saturated heterocycles. The van der Waals surface area contributed by atoms with Gasteiger partial charge in [-0.15, -0.1) is 0 Å². The lowest BCUT2D eigenvalue weighted by Crippen LogP contribution is -2.10. The van der Waals surface area contributed by atoms with Gasteiger partial charge in [-0.25, -0.2) is 9.97 Å². The average Bonchev–Trinajstić information content (AvgIpc) is 2.27. The molecule has 0 aliphatic rings. The second kappa shape index (κ2) is 5.18. The Morgan fingerprint density at radius 1 is 1.22 bits per heavy atom. The minimum absolute atomic E-state index is 0.0487. The number of nitrogen functional groups attached to an aromatic ring is 1. The standard InChI is InChI=1S/C13H14N4S/c1-8-5-9(2)17-12(6-8)18-11-7-10(13(14)15)3-4-16-11/h3-7H,1-2H3,(H3,14,15). The Morgan fingerprint density at radius 3 is 2.67 bits per heavy atom. The minimum atomic E-state index is 0.0487. The number of pyridine rings is 2. The number of hydrogen-bond acceptors (Lipinski definition) is 4. The van der Waals surface area contributed by atoms with E-state index in [4.69, 9.17) is 11.1 Å². The number of rotatable bonds is 3. The largest absolute Gasteiger partial charge is 0.384 e. The van der Waals surface area contributed by atoms with Crippen molar-refractivity contribution >= 4 is 17.6 Å². The molecule has 0 spiro atoms. The van der Waals surface area contributed by atoms with Gasteiger partial charge in [0.15, 0.2) is 0 Å². The van der Waals surface area contributed by atoms with Crippen LogP contribution in [0.2, 0.25) is 0 Å². The Hall–Kier alpha value is -1.88. The first kappa shape index (κ1) is 12.6. The predicted octanol–water partition coefficient (Wildman–Crippen LogP) is 2.53. The van der Waals surface area contributed by atoms with E-state index in [1.807, 2.05) is 26.0 Å². The molecule has 0 unspecified atom stereocenters. The Bertz CT molecular complexity index is 575. The van der Waals surface area contributed by atoms with Crippen LogP contribution in [0.5, 0.6) is 0 Å². The average molecular weight is 258 g/mol. The van der Waals surface area contributed by atoms with Crippen molar-refractivity contribution in [2.24, 2.45) is 5.73 Å². The van der Waals surface area contributed by atoms with Gasteiger partial charge >= 0.3 is 0 Å². The molecule has 2 aromatic heterocycles. The molecule has 5 heteroatoms. The molecule has 2 aromatic rings. The van der Waals surface area contributed by atoms with Crippen LogP contribution >= 0.6 is 11.8 Å². The van der Waals surface area contributed by atoms with E-state index >= 15 is 0 Å². The van der Waals surface area contributed by atoms with Crippen LogP contribution < -0.4 is 5.73 Å². The van der Waals surface area contributed by atoms with E-state index < -0.39 is 0 Å². The van der Waals surface area contributed by atoms with Gasteiger partial charge in [0.05, 0.1) is 0 Å². The van der Waals surface area contributed by atoms with Crippen LogP contribution in [0.15, 0.2) is 40.5 Å². The monoisotopic (exact) mass is 258 g/mol. The maximum Gasteiger partial charge on any atom is 0.122 e. The Balaban J connectivity index is 2.28. The quantitative estimate of drug-likeness (QED) is 0.655. The lowest BCUT2D eigenvalue weighted by molar-refractivity contribution is 1.03. The molecule has 0 amide bonds. The fourth-order valence-electron chi connectivity index (χ4n) is 1.60. The molecule has 4 nitrogen and oxygen atoms in total. The molecule has 3 N–H and O–H groups in total. The smallest absolute Gasteiger partial charge is 0.122 e. The van der Waals surface area contributed by atoms with Crippen molar-refractivity contribution in [3.05, 3.63) is 47.3 Å². The van der Waals surface area contributed by atoms with Gasteiger partial charge in [0.25, 0.3) is 0 Å². The topological polar surface area (TPSA) is 75.7 Å². The summed E-state index contributed by atoms with van der Waals surface area (Å²) in [7, 11) is 0. The van der Waals surface area contributed by atoms with Crippen molar-refractivity contribution in [1.82, 2.24) is 9.97 Å². The first-order valence-corrected chi connectivity index (χ1v) is 6.30. The summed E-state index contributed by atoms with van der Waals surface area (Å²) < 4.78 is 0. The van der Waals surface area contributed by atoms with Crippen molar-refractivity contribution < 1.29 is 0 Å². The van der Waals surface area contributed by atoms with Crippen molar-refractivity contribution in [3.8, 4) is 0 Å². The molecular formula is C13H14N4S. The highest BCUT2D eigenvalue weighted by Gasteiger charge is 2.04. The van der Waals surface area contributed by atoms with Crippen molar-refractivity contribution in [3.63, 3.8) is 0 Å². The lowest BCUT2D eigenvalue weighted by atomic mass is 10.2. The molecule has 2 heterocycles. The molecule has 92 valence electrons. The van der Waals surface area contributed by atoms with Crippen LogP contribution in [0, 0.1) is 19.3 Å². The number of aryl methyl sites for hydroxylation is 2. The summed E-state index contributed by atoms with van der Waals surface area (Å²) in [6, 6.07) is 7.57. The van der Waals surface area contributed by atoms with E-state index in [1.54, 1.807) is 18.3 Å². The summed E-state index contributed by atoms with van der Waals surface area (Å²) >= 11 is 1.47. The van der Waals surface area contributed by atoms with Crippen molar-refractivity contribution in [2.45, 2.75) is 23.9 Å². The molecule has 2 rings (SSSR count). The maximum atomic E-state index is 7.41. The molecule has 0 fully saturated rings. The Morgan fingerprint density at radius 2 is 2.00 bits per heavy atom. The summed E-state index contributed by atoms with van der Waals surface area (Å²) in [5, 5.41) is 9.10.